The second-order valence-electron chi connectivity index (χ2n) is 4.58. The molecule has 1 saturated heterocycles. The molecule has 108 valence electrons. The predicted molar refractivity (Wildman–Crippen MR) is 64.9 cm³/mol. The second-order valence-corrected chi connectivity index (χ2v) is 4.58. The van der Waals surface area contributed by atoms with Crippen LogP contribution >= 0.6 is 0 Å². The summed E-state index contributed by atoms with van der Waals surface area (Å²) in [7, 11) is 0. The van der Waals surface area contributed by atoms with E-state index in [2.05, 4.69) is 9.97 Å². The summed E-state index contributed by atoms with van der Waals surface area (Å²) in [6, 6.07) is 1.10. The normalized spacial score (nSPS) is 30.2. The quantitative estimate of drug-likeness (QED) is 0.508. The van der Waals surface area contributed by atoms with Gasteiger partial charge in [0.15, 0.2) is 12.0 Å². The van der Waals surface area contributed by atoms with Crippen LogP contribution in [-0.4, -0.2) is 54.8 Å². The molecule has 3 rings (SSSR count). The lowest BCUT2D eigenvalue weighted by Gasteiger charge is -2.17. The first kappa shape index (κ1) is 13.2. The van der Waals surface area contributed by atoms with Crippen molar-refractivity contribution in [3.8, 4) is 0 Å². The Bertz CT molecular complexity index is 649. The fraction of sp³-hybridized carbons (Fsp3) is 0.455. The zero-order chi connectivity index (χ0) is 14.4. The largest absolute Gasteiger partial charge is 0.394 e. The minimum atomic E-state index is -1.28. The van der Waals surface area contributed by atoms with E-state index in [9.17, 15) is 14.6 Å². The number of aromatic nitrogens is 3. The van der Waals surface area contributed by atoms with Crippen LogP contribution in [0.1, 0.15) is 6.23 Å². The smallest absolute Gasteiger partial charge is 0.217 e. The van der Waals surface area contributed by atoms with E-state index in [4.69, 9.17) is 15.6 Å². The molecule has 0 aromatic carbocycles. The van der Waals surface area contributed by atoms with Crippen molar-refractivity contribution in [2.24, 2.45) is 0 Å². The van der Waals surface area contributed by atoms with E-state index >= 15 is 0 Å². The van der Waals surface area contributed by atoms with Crippen LogP contribution in [0.25, 0.3) is 11.0 Å². The number of imidazole rings is 1. The van der Waals surface area contributed by atoms with Gasteiger partial charge in [-0.05, 0) is 0 Å². The summed E-state index contributed by atoms with van der Waals surface area (Å²) in [5.74, 6) is -0.867. The zero-order valence-electron chi connectivity index (χ0n) is 10.2. The lowest BCUT2D eigenvalue weighted by atomic mass is 10.1. The van der Waals surface area contributed by atoms with Gasteiger partial charge in [-0.3, -0.25) is 0 Å². The molecule has 0 amide bonds. The van der Waals surface area contributed by atoms with Crippen molar-refractivity contribution in [2.45, 2.75) is 24.5 Å². The average molecular weight is 284 g/mol. The molecule has 1 aliphatic rings. The minimum absolute atomic E-state index is 0.0782. The van der Waals surface area contributed by atoms with Crippen molar-refractivity contribution < 1.29 is 24.4 Å². The van der Waals surface area contributed by atoms with E-state index < -0.39 is 37.1 Å². The Morgan fingerprint density at radius 1 is 1.40 bits per heavy atom. The average Bonchev–Trinajstić information content (AvgIpc) is 2.93. The second kappa shape index (κ2) is 4.63. The van der Waals surface area contributed by atoms with Gasteiger partial charge in [0.2, 0.25) is 5.95 Å². The number of nitrogens with two attached hydrogens (primary N) is 1. The topological polar surface area (TPSA) is 127 Å². The molecular weight excluding hydrogens is 271 g/mol. The monoisotopic (exact) mass is 284 g/mol. The maximum Gasteiger partial charge on any atom is 0.217 e. The molecule has 5 N–H and O–H groups in total. The van der Waals surface area contributed by atoms with Crippen molar-refractivity contribution >= 4 is 16.9 Å². The number of aliphatic hydroxyl groups is 3. The Labute approximate surface area is 112 Å². The molecule has 20 heavy (non-hydrogen) atoms. The highest BCUT2D eigenvalue weighted by Crippen LogP contribution is 2.32. The summed E-state index contributed by atoms with van der Waals surface area (Å²) in [6.07, 6.45) is -3.12. The van der Waals surface area contributed by atoms with Gasteiger partial charge in [0.25, 0.3) is 0 Å². The Morgan fingerprint density at radius 2 is 2.15 bits per heavy atom. The van der Waals surface area contributed by atoms with Crippen molar-refractivity contribution in [1.29, 1.82) is 0 Å². The first-order valence-corrected chi connectivity index (χ1v) is 5.94. The van der Waals surface area contributed by atoms with Gasteiger partial charge in [-0.2, -0.15) is 4.39 Å². The fourth-order valence-electron chi connectivity index (χ4n) is 2.34. The number of nitrogen functional groups attached to an aromatic ring is 1. The Hall–Kier alpha value is -1.81. The number of ether oxygens (including phenoxy) is 1. The Balaban J connectivity index is 2.07. The fourth-order valence-corrected chi connectivity index (χ4v) is 2.34. The van der Waals surface area contributed by atoms with Crippen LogP contribution < -0.4 is 5.73 Å². The summed E-state index contributed by atoms with van der Waals surface area (Å²) >= 11 is 0. The Morgan fingerprint density at radius 3 is 2.80 bits per heavy atom. The number of rotatable bonds is 2. The molecule has 0 aliphatic carbocycles. The molecule has 4 atom stereocenters. The number of hydrogen-bond acceptors (Lipinski definition) is 7. The summed E-state index contributed by atoms with van der Waals surface area (Å²) < 4.78 is 20.0. The summed E-state index contributed by atoms with van der Waals surface area (Å²) in [4.78, 5) is 7.44. The van der Waals surface area contributed by atoms with Crippen LogP contribution in [0.3, 0.4) is 0 Å². The molecule has 2 aromatic heterocycles. The molecule has 1 fully saturated rings. The summed E-state index contributed by atoms with van der Waals surface area (Å²) in [5, 5.41) is 28.7. The van der Waals surface area contributed by atoms with E-state index in [0.717, 1.165) is 6.07 Å². The molecule has 0 bridgehead atoms. The lowest BCUT2D eigenvalue weighted by molar-refractivity contribution is -0.0509. The molecule has 0 spiro atoms. The van der Waals surface area contributed by atoms with E-state index in [1.54, 1.807) is 0 Å². The molecule has 1 aliphatic heterocycles. The van der Waals surface area contributed by atoms with E-state index in [0.29, 0.717) is 0 Å². The van der Waals surface area contributed by atoms with Crippen LogP contribution in [-0.2, 0) is 4.74 Å². The van der Waals surface area contributed by atoms with Crippen molar-refractivity contribution in [3.05, 3.63) is 18.3 Å². The van der Waals surface area contributed by atoms with E-state index in [1.165, 1.54) is 10.9 Å². The van der Waals surface area contributed by atoms with Crippen LogP contribution in [0, 0.1) is 5.95 Å². The summed E-state index contributed by atoms with van der Waals surface area (Å²) in [6.45, 7) is -0.445. The molecule has 8 nitrogen and oxygen atoms in total. The first-order chi connectivity index (χ1) is 9.52. The zero-order valence-corrected chi connectivity index (χ0v) is 10.2. The van der Waals surface area contributed by atoms with Gasteiger partial charge in [0.05, 0.1) is 18.5 Å². The van der Waals surface area contributed by atoms with Gasteiger partial charge in [-0.25, -0.2) is 9.97 Å². The number of anilines is 1. The highest BCUT2D eigenvalue weighted by atomic mass is 19.1. The van der Waals surface area contributed by atoms with E-state index in [1.807, 2.05) is 0 Å². The molecule has 0 radical (unpaired) electrons. The molecule has 3 heterocycles. The van der Waals surface area contributed by atoms with Gasteiger partial charge >= 0.3 is 0 Å². The SMILES string of the molecule is Nc1nc(F)cc2c1ncn2[C@H]1O[C@H](CO)[C@@H](O)[C@@H]1O. The maximum absolute atomic E-state index is 13.3. The third kappa shape index (κ3) is 1.83. The van der Waals surface area contributed by atoms with Gasteiger partial charge in [-0.1, -0.05) is 0 Å². The number of aliphatic hydroxyl groups excluding tert-OH is 3. The molecule has 9 heteroatoms. The number of halogens is 1. The first-order valence-electron chi connectivity index (χ1n) is 5.94. The van der Waals surface area contributed by atoms with Gasteiger partial charge in [0.1, 0.15) is 23.8 Å². The lowest BCUT2D eigenvalue weighted by Crippen LogP contribution is -2.33. The standard InChI is InChI=1S/C11H13FN4O4/c12-6-1-4-7(10(13)15-6)14-3-16(4)11-9(19)8(18)5(2-17)20-11/h1,3,5,8-9,11,17-19H,2H2,(H2,13,15)/t5-,8-,9+,11+/m1/s1. The van der Waals surface area contributed by atoms with Crippen molar-refractivity contribution in [1.82, 2.24) is 14.5 Å². The van der Waals surface area contributed by atoms with Crippen molar-refractivity contribution in [3.63, 3.8) is 0 Å². The number of fused-ring (bicyclic) bond motifs is 1. The van der Waals surface area contributed by atoms with E-state index in [-0.39, 0.29) is 16.9 Å². The van der Waals surface area contributed by atoms with Gasteiger partial charge < -0.3 is 30.4 Å². The van der Waals surface area contributed by atoms with Gasteiger partial charge in [0, 0.05) is 6.07 Å². The molecular formula is C11H13FN4O4. The third-order valence-corrected chi connectivity index (χ3v) is 3.35. The number of pyridine rings is 1. The third-order valence-electron chi connectivity index (χ3n) is 3.35. The molecule has 0 saturated carbocycles. The molecule has 0 unspecified atom stereocenters. The van der Waals surface area contributed by atoms with Crippen LogP contribution in [0.15, 0.2) is 12.4 Å². The van der Waals surface area contributed by atoms with Crippen LogP contribution in [0.5, 0.6) is 0 Å². The Kier molecular flexibility index (Phi) is 3.05. The minimum Gasteiger partial charge on any atom is -0.394 e. The van der Waals surface area contributed by atoms with Crippen LogP contribution in [0.4, 0.5) is 10.2 Å². The molecule has 2 aromatic rings. The summed E-state index contributed by atoms with van der Waals surface area (Å²) in [5.41, 5.74) is 6.11. The van der Waals surface area contributed by atoms with Gasteiger partial charge in [-0.15, -0.1) is 0 Å². The van der Waals surface area contributed by atoms with Crippen LogP contribution in [0.2, 0.25) is 0 Å². The maximum atomic E-state index is 13.3. The number of nitrogens with zero attached hydrogens (tertiary/aromatic N) is 3. The predicted octanol–water partition coefficient (Wildman–Crippen LogP) is -1.24. The highest BCUT2D eigenvalue weighted by molar-refractivity contribution is 5.84. The van der Waals surface area contributed by atoms with Crippen molar-refractivity contribution in [2.75, 3.05) is 12.3 Å². The highest BCUT2D eigenvalue weighted by Gasteiger charge is 2.43. The number of hydrogen-bond donors (Lipinski definition) is 4.